The summed E-state index contributed by atoms with van der Waals surface area (Å²) in [5.41, 5.74) is 1.15. The quantitative estimate of drug-likeness (QED) is 0.775. The molecule has 1 atom stereocenters. The lowest BCUT2D eigenvalue weighted by Gasteiger charge is -2.25. The van der Waals surface area contributed by atoms with Crippen LogP contribution in [0.1, 0.15) is 0 Å². The molecule has 7 heteroatoms. The number of carbonyl (C=O) groups excluding carboxylic acids is 1. The van der Waals surface area contributed by atoms with Crippen molar-refractivity contribution in [3.8, 4) is 11.5 Å². The highest BCUT2D eigenvalue weighted by Crippen LogP contribution is 2.31. The SMILES string of the molecule is O=C(Nc1cccn2ncnc12)[C@@H]1COc2ccccc2O1. The van der Waals surface area contributed by atoms with E-state index in [0.717, 1.165) is 0 Å². The zero-order valence-corrected chi connectivity index (χ0v) is 11.5. The predicted molar refractivity (Wildman–Crippen MR) is 78.0 cm³/mol. The van der Waals surface area contributed by atoms with Gasteiger partial charge in [-0.1, -0.05) is 12.1 Å². The fourth-order valence-corrected chi connectivity index (χ4v) is 2.31. The molecular formula is C15H12N4O3. The van der Waals surface area contributed by atoms with Crippen LogP contribution in [0, 0.1) is 0 Å². The number of para-hydroxylation sites is 2. The summed E-state index contributed by atoms with van der Waals surface area (Å²) in [7, 11) is 0. The van der Waals surface area contributed by atoms with Crippen LogP contribution in [0.5, 0.6) is 11.5 Å². The Morgan fingerprint density at radius 3 is 3.00 bits per heavy atom. The first-order valence-electron chi connectivity index (χ1n) is 6.79. The first-order chi connectivity index (χ1) is 10.8. The van der Waals surface area contributed by atoms with E-state index >= 15 is 0 Å². The average Bonchev–Trinajstić information content (AvgIpc) is 3.04. The fraction of sp³-hybridized carbons (Fsp3) is 0.133. The Morgan fingerprint density at radius 2 is 2.09 bits per heavy atom. The predicted octanol–water partition coefficient (Wildman–Crippen LogP) is 1.51. The van der Waals surface area contributed by atoms with Crippen molar-refractivity contribution in [1.82, 2.24) is 14.6 Å². The topological polar surface area (TPSA) is 77.8 Å². The number of hydrogen-bond donors (Lipinski definition) is 1. The maximum atomic E-state index is 12.4. The maximum absolute atomic E-state index is 12.4. The number of amides is 1. The van der Waals surface area contributed by atoms with Crippen molar-refractivity contribution in [1.29, 1.82) is 0 Å². The molecule has 1 aliphatic rings. The zero-order chi connectivity index (χ0) is 14.9. The maximum Gasteiger partial charge on any atom is 0.269 e. The van der Waals surface area contributed by atoms with Gasteiger partial charge in [0, 0.05) is 6.20 Å². The van der Waals surface area contributed by atoms with Crippen LogP contribution < -0.4 is 14.8 Å². The second-order valence-electron chi connectivity index (χ2n) is 4.80. The van der Waals surface area contributed by atoms with Crippen molar-refractivity contribution in [3.05, 3.63) is 48.9 Å². The largest absolute Gasteiger partial charge is 0.485 e. The van der Waals surface area contributed by atoms with Gasteiger partial charge in [0.15, 0.2) is 17.1 Å². The van der Waals surface area contributed by atoms with Crippen LogP contribution in [0.4, 0.5) is 5.69 Å². The van der Waals surface area contributed by atoms with Crippen molar-refractivity contribution in [2.45, 2.75) is 6.10 Å². The van der Waals surface area contributed by atoms with Crippen molar-refractivity contribution in [2.75, 3.05) is 11.9 Å². The lowest BCUT2D eigenvalue weighted by Crippen LogP contribution is -2.40. The van der Waals surface area contributed by atoms with Crippen LogP contribution in [-0.2, 0) is 4.79 Å². The Balaban J connectivity index is 1.55. The molecule has 1 aromatic carbocycles. The second-order valence-corrected chi connectivity index (χ2v) is 4.80. The molecule has 110 valence electrons. The van der Waals surface area contributed by atoms with Crippen molar-refractivity contribution in [3.63, 3.8) is 0 Å². The monoisotopic (exact) mass is 296 g/mol. The van der Waals surface area contributed by atoms with Gasteiger partial charge in [0.2, 0.25) is 6.10 Å². The highest BCUT2D eigenvalue weighted by molar-refractivity contribution is 5.97. The van der Waals surface area contributed by atoms with Crippen LogP contribution in [0.2, 0.25) is 0 Å². The van der Waals surface area contributed by atoms with Crippen molar-refractivity contribution < 1.29 is 14.3 Å². The first kappa shape index (κ1) is 12.6. The minimum absolute atomic E-state index is 0.165. The minimum atomic E-state index is -0.710. The van der Waals surface area contributed by atoms with E-state index in [1.807, 2.05) is 12.1 Å². The molecular weight excluding hydrogens is 284 g/mol. The van der Waals surface area contributed by atoms with Gasteiger partial charge in [0.1, 0.15) is 12.9 Å². The number of nitrogens with one attached hydrogen (secondary N) is 1. The lowest BCUT2D eigenvalue weighted by atomic mass is 10.2. The molecule has 0 saturated carbocycles. The van der Waals surface area contributed by atoms with E-state index in [-0.39, 0.29) is 12.5 Å². The van der Waals surface area contributed by atoms with Gasteiger partial charge < -0.3 is 14.8 Å². The summed E-state index contributed by atoms with van der Waals surface area (Å²) in [4.78, 5) is 16.5. The summed E-state index contributed by atoms with van der Waals surface area (Å²) in [6.07, 6.45) is 2.48. The molecule has 0 aliphatic carbocycles. The molecule has 0 unspecified atom stereocenters. The summed E-state index contributed by atoms with van der Waals surface area (Å²) in [5.74, 6) is 0.922. The van der Waals surface area contributed by atoms with Crippen LogP contribution in [-0.4, -0.2) is 33.2 Å². The van der Waals surface area contributed by atoms with E-state index in [0.29, 0.717) is 22.8 Å². The molecule has 0 fully saturated rings. The summed E-state index contributed by atoms with van der Waals surface area (Å²) in [6.45, 7) is 0.165. The van der Waals surface area contributed by atoms with Gasteiger partial charge in [0.25, 0.3) is 5.91 Å². The highest BCUT2D eigenvalue weighted by Gasteiger charge is 2.27. The lowest BCUT2D eigenvalue weighted by molar-refractivity contribution is -0.125. The second kappa shape index (κ2) is 5.03. The Labute approximate surface area is 125 Å². The third-order valence-corrected chi connectivity index (χ3v) is 3.36. The molecule has 3 aromatic rings. The van der Waals surface area contributed by atoms with Gasteiger partial charge in [0.05, 0.1) is 5.69 Å². The van der Waals surface area contributed by atoms with Gasteiger partial charge in [-0.3, -0.25) is 4.79 Å². The number of pyridine rings is 1. The smallest absolute Gasteiger partial charge is 0.269 e. The van der Waals surface area contributed by atoms with Crippen LogP contribution >= 0.6 is 0 Å². The average molecular weight is 296 g/mol. The van der Waals surface area contributed by atoms with E-state index in [9.17, 15) is 4.79 Å². The van der Waals surface area contributed by atoms with Gasteiger partial charge in [-0.2, -0.15) is 5.10 Å². The normalized spacial score (nSPS) is 16.5. The van der Waals surface area contributed by atoms with E-state index in [4.69, 9.17) is 9.47 Å². The molecule has 2 aromatic heterocycles. The fourth-order valence-electron chi connectivity index (χ4n) is 2.31. The van der Waals surface area contributed by atoms with E-state index in [2.05, 4.69) is 15.4 Å². The van der Waals surface area contributed by atoms with Crippen LogP contribution in [0.3, 0.4) is 0 Å². The van der Waals surface area contributed by atoms with Crippen LogP contribution in [0.25, 0.3) is 5.65 Å². The summed E-state index contributed by atoms with van der Waals surface area (Å²) >= 11 is 0. The third-order valence-electron chi connectivity index (χ3n) is 3.36. The molecule has 1 N–H and O–H groups in total. The number of carbonyl (C=O) groups is 1. The van der Waals surface area contributed by atoms with Crippen LogP contribution in [0.15, 0.2) is 48.9 Å². The number of fused-ring (bicyclic) bond motifs is 2. The van der Waals surface area contributed by atoms with Crippen molar-refractivity contribution in [2.24, 2.45) is 0 Å². The first-order valence-corrected chi connectivity index (χ1v) is 6.79. The summed E-state index contributed by atoms with van der Waals surface area (Å²) < 4.78 is 12.8. The summed E-state index contributed by atoms with van der Waals surface area (Å²) in [6, 6.07) is 10.8. The standard InChI is InChI=1S/C15H12N4O3/c20-15(13-8-21-11-5-1-2-6-12(11)22-13)18-10-4-3-7-19-14(10)16-9-17-19/h1-7,9,13H,8H2,(H,18,20)/t13-/m0/s1. The molecule has 7 nitrogen and oxygen atoms in total. The molecule has 0 saturated heterocycles. The zero-order valence-electron chi connectivity index (χ0n) is 11.5. The van der Waals surface area contributed by atoms with E-state index < -0.39 is 6.10 Å². The number of rotatable bonds is 2. The number of anilines is 1. The molecule has 0 bridgehead atoms. The Bertz CT molecular complexity index is 845. The molecule has 4 rings (SSSR count). The van der Waals surface area contributed by atoms with E-state index in [1.165, 1.54) is 6.33 Å². The molecule has 1 amide bonds. The van der Waals surface area contributed by atoms with Crippen molar-refractivity contribution >= 4 is 17.2 Å². The number of aromatic nitrogens is 3. The minimum Gasteiger partial charge on any atom is -0.485 e. The number of nitrogens with zero attached hydrogens (tertiary/aromatic N) is 3. The van der Waals surface area contributed by atoms with Gasteiger partial charge >= 0.3 is 0 Å². The number of hydrogen-bond acceptors (Lipinski definition) is 5. The number of benzene rings is 1. The third kappa shape index (κ3) is 2.12. The number of ether oxygens (including phenoxy) is 2. The molecule has 22 heavy (non-hydrogen) atoms. The van der Waals surface area contributed by atoms with Gasteiger partial charge in [-0.05, 0) is 24.3 Å². The molecule has 0 spiro atoms. The molecule has 3 heterocycles. The Kier molecular flexibility index (Phi) is 2.89. The molecule has 1 aliphatic heterocycles. The van der Waals surface area contributed by atoms with Gasteiger partial charge in [-0.25, -0.2) is 9.50 Å². The highest BCUT2D eigenvalue weighted by atomic mass is 16.6. The molecule has 0 radical (unpaired) electrons. The Hall–Kier alpha value is -3.09. The Morgan fingerprint density at radius 1 is 1.23 bits per heavy atom. The van der Waals surface area contributed by atoms with E-state index in [1.54, 1.807) is 35.0 Å². The van der Waals surface area contributed by atoms with Gasteiger partial charge in [-0.15, -0.1) is 0 Å². The summed E-state index contributed by atoms with van der Waals surface area (Å²) in [5, 5.41) is 6.83.